The molecule has 0 spiro atoms. The molecule has 30 heavy (non-hydrogen) atoms. The Morgan fingerprint density at radius 3 is 2.80 bits per heavy atom. The maximum absolute atomic E-state index is 4.82. The number of nitrogens with zero attached hydrogens (tertiary/aromatic N) is 5. The molecule has 2 aromatic carbocycles. The average molecular weight is 404 g/mol. The second kappa shape index (κ2) is 9.91. The Balaban J connectivity index is 1.36. The molecule has 0 radical (unpaired) electrons. The summed E-state index contributed by atoms with van der Waals surface area (Å²) in [5.41, 5.74) is 3.66. The van der Waals surface area contributed by atoms with Gasteiger partial charge in [-0.1, -0.05) is 42.5 Å². The van der Waals surface area contributed by atoms with Crippen LogP contribution < -0.4 is 15.5 Å². The zero-order valence-electron chi connectivity index (χ0n) is 17.4. The van der Waals surface area contributed by atoms with E-state index in [9.17, 15) is 0 Å². The third kappa shape index (κ3) is 5.37. The van der Waals surface area contributed by atoms with E-state index in [0.717, 1.165) is 32.0 Å². The summed E-state index contributed by atoms with van der Waals surface area (Å²) >= 11 is 0. The van der Waals surface area contributed by atoms with Crippen molar-refractivity contribution in [2.24, 2.45) is 4.99 Å². The molecule has 7 nitrogen and oxygen atoms in total. The number of hydrogen-bond donors (Lipinski definition) is 2. The van der Waals surface area contributed by atoms with E-state index in [1.807, 2.05) is 4.68 Å². The number of benzene rings is 2. The van der Waals surface area contributed by atoms with Gasteiger partial charge in [-0.15, -0.1) is 0 Å². The zero-order chi connectivity index (χ0) is 20.6. The van der Waals surface area contributed by atoms with Crippen LogP contribution in [0, 0.1) is 0 Å². The van der Waals surface area contributed by atoms with Gasteiger partial charge in [0.1, 0.15) is 12.7 Å². The Bertz CT molecular complexity index is 937. The van der Waals surface area contributed by atoms with Crippen molar-refractivity contribution in [2.45, 2.75) is 32.5 Å². The predicted molar refractivity (Wildman–Crippen MR) is 121 cm³/mol. The zero-order valence-corrected chi connectivity index (χ0v) is 17.4. The van der Waals surface area contributed by atoms with E-state index in [4.69, 9.17) is 4.99 Å². The third-order valence-electron chi connectivity index (χ3n) is 5.22. The molecule has 1 aromatic heterocycles. The summed E-state index contributed by atoms with van der Waals surface area (Å²) in [5.74, 6) is 0.874. The molecule has 0 amide bonds. The lowest BCUT2D eigenvalue weighted by molar-refractivity contribution is 0.649. The van der Waals surface area contributed by atoms with Crippen molar-refractivity contribution in [1.82, 2.24) is 25.4 Å². The second-order valence-electron chi connectivity index (χ2n) is 7.52. The minimum atomic E-state index is 0.390. The van der Waals surface area contributed by atoms with Crippen LogP contribution in [0.5, 0.6) is 0 Å². The first-order valence-corrected chi connectivity index (χ1v) is 10.5. The van der Waals surface area contributed by atoms with Gasteiger partial charge < -0.3 is 15.5 Å². The molecule has 1 aliphatic rings. The summed E-state index contributed by atoms with van der Waals surface area (Å²) in [7, 11) is 0. The van der Waals surface area contributed by atoms with E-state index < -0.39 is 0 Å². The fraction of sp³-hybridized carbons (Fsp3) is 0.348. The molecule has 156 valence electrons. The second-order valence-corrected chi connectivity index (χ2v) is 7.52. The number of hydrogen-bond acceptors (Lipinski definition) is 4. The molecule has 0 bridgehead atoms. The maximum Gasteiger partial charge on any atom is 0.191 e. The molecule has 4 rings (SSSR count). The molecule has 0 aliphatic carbocycles. The van der Waals surface area contributed by atoms with Gasteiger partial charge in [0, 0.05) is 31.4 Å². The highest BCUT2D eigenvalue weighted by Crippen LogP contribution is 2.19. The van der Waals surface area contributed by atoms with Crippen molar-refractivity contribution in [3.05, 3.63) is 78.4 Å². The van der Waals surface area contributed by atoms with Gasteiger partial charge in [-0.2, -0.15) is 5.10 Å². The molecule has 7 heteroatoms. The lowest BCUT2D eigenvalue weighted by Gasteiger charge is -2.20. The van der Waals surface area contributed by atoms with Crippen LogP contribution in [0.25, 0.3) is 0 Å². The van der Waals surface area contributed by atoms with Gasteiger partial charge in [0.25, 0.3) is 0 Å². The van der Waals surface area contributed by atoms with E-state index in [1.54, 1.807) is 12.7 Å². The number of guanidine groups is 1. The van der Waals surface area contributed by atoms with Gasteiger partial charge in [-0.05, 0) is 36.6 Å². The third-order valence-corrected chi connectivity index (χ3v) is 5.22. The van der Waals surface area contributed by atoms with Crippen LogP contribution in [-0.2, 0) is 13.1 Å². The van der Waals surface area contributed by atoms with Crippen LogP contribution in [0.4, 0.5) is 5.69 Å². The smallest absolute Gasteiger partial charge is 0.191 e. The van der Waals surface area contributed by atoms with Crippen LogP contribution >= 0.6 is 0 Å². The fourth-order valence-corrected chi connectivity index (χ4v) is 3.76. The van der Waals surface area contributed by atoms with Gasteiger partial charge in [-0.3, -0.25) is 0 Å². The molecule has 1 aliphatic heterocycles. The first-order valence-electron chi connectivity index (χ1n) is 10.5. The van der Waals surface area contributed by atoms with Crippen molar-refractivity contribution < 1.29 is 0 Å². The van der Waals surface area contributed by atoms with Crippen LogP contribution in [-0.4, -0.2) is 46.4 Å². The van der Waals surface area contributed by atoms with Crippen LogP contribution in [0.1, 0.15) is 24.5 Å². The lowest BCUT2D eigenvalue weighted by Crippen LogP contribution is -2.44. The number of aromatic nitrogens is 3. The summed E-state index contributed by atoms with van der Waals surface area (Å²) in [6, 6.07) is 19.5. The van der Waals surface area contributed by atoms with Crippen LogP contribution in [0.2, 0.25) is 0 Å². The van der Waals surface area contributed by atoms with Crippen LogP contribution in [0.3, 0.4) is 0 Å². The minimum absolute atomic E-state index is 0.390. The van der Waals surface area contributed by atoms with Crippen LogP contribution in [0.15, 0.2) is 72.2 Å². The molecule has 2 heterocycles. The molecular weight excluding hydrogens is 374 g/mol. The molecule has 1 fully saturated rings. The lowest BCUT2D eigenvalue weighted by atomic mass is 10.1. The fourth-order valence-electron chi connectivity index (χ4n) is 3.76. The first-order chi connectivity index (χ1) is 14.8. The van der Waals surface area contributed by atoms with E-state index in [-0.39, 0.29) is 0 Å². The Morgan fingerprint density at radius 2 is 2.00 bits per heavy atom. The highest BCUT2D eigenvalue weighted by molar-refractivity contribution is 5.80. The molecule has 1 saturated heterocycles. The quantitative estimate of drug-likeness (QED) is 0.469. The number of rotatable bonds is 7. The number of para-hydroxylation sites is 1. The van der Waals surface area contributed by atoms with Crippen molar-refractivity contribution in [3.63, 3.8) is 0 Å². The molecule has 3 aromatic rings. The van der Waals surface area contributed by atoms with E-state index in [1.165, 1.54) is 16.8 Å². The Hall–Kier alpha value is -3.35. The largest absolute Gasteiger partial charge is 0.369 e. The van der Waals surface area contributed by atoms with Crippen molar-refractivity contribution in [3.8, 4) is 0 Å². The molecular formula is C23H29N7. The molecule has 1 unspecified atom stereocenters. The summed E-state index contributed by atoms with van der Waals surface area (Å²) in [5, 5.41) is 11.2. The van der Waals surface area contributed by atoms with E-state index >= 15 is 0 Å². The average Bonchev–Trinajstić information content (AvgIpc) is 3.45. The molecule has 1 atom stereocenters. The van der Waals surface area contributed by atoms with Gasteiger partial charge in [0.15, 0.2) is 5.96 Å². The normalized spacial score (nSPS) is 16.6. The van der Waals surface area contributed by atoms with Gasteiger partial charge in [0.2, 0.25) is 0 Å². The van der Waals surface area contributed by atoms with Gasteiger partial charge in [0.05, 0.1) is 13.1 Å². The standard InChI is InChI=1S/C23H29N7/c1-2-25-23(28-21-11-12-29(16-21)22-9-4-3-5-10-22)26-14-19-7-6-8-20(13-19)15-30-18-24-17-27-30/h3-10,13,17-18,21H,2,11-12,14-16H2,1H3,(H2,25,26,28). The van der Waals surface area contributed by atoms with E-state index in [2.05, 4.69) is 87.1 Å². The molecule has 0 saturated carbocycles. The summed E-state index contributed by atoms with van der Waals surface area (Å²) in [4.78, 5) is 11.3. The van der Waals surface area contributed by atoms with Crippen molar-refractivity contribution >= 4 is 11.6 Å². The topological polar surface area (TPSA) is 70.4 Å². The predicted octanol–water partition coefficient (Wildman–Crippen LogP) is 2.66. The van der Waals surface area contributed by atoms with Gasteiger partial charge in [-0.25, -0.2) is 14.7 Å². The summed E-state index contributed by atoms with van der Waals surface area (Å²) < 4.78 is 1.83. The maximum atomic E-state index is 4.82. The Kier molecular flexibility index (Phi) is 6.59. The Labute approximate surface area is 177 Å². The van der Waals surface area contributed by atoms with Crippen molar-refractivity contribution in [1.29, 1.82) is 0 Å². The highest BCUT2D eigenvalue weighted by atomic mass is 15.3. The molecule has 2 N–H and O–H groups in total. The summed E-state index contributed by atoms with van der Waals surface area (Å²) in [6.45, 7) is 6.34. The highest BCUT2D eigenvalue weighted by Gasteiger charge is 2.23. The SMILES string of the molecule is CCNC(=NCc1cccc(Cn2cncn2)c1)NC1CCN(c2ccccc2)C1. The number of nitrogens with one attached hydrogen (secondary N) is 2. The first kappa shape index (κ1) is 19.9. The summed E-state index contributed by atoms with van der Waals surface area (Å²) in [6.07, 6.45) is 4.40. The van der Waals surface area contributed by atoms with Gasteiger partial charge >= 0.3 is 0 Å². The Morgan fingerprint density at radius 1 is 1.13 bits per heavy atom. The monoisotopic (exact) mass is 403 g/mol. The van der Waals surface area contributed by atoms with E-state index in [0.29, 0.717) is 19.1 Å². The minimum Gasteiger partial charge on any atom is -0.369 e. The number of anilines is 1. The number of aliphatic imine (C=N–C) groups is 1. The van der Waals surface area contributed by atoms with Crippen molar-refractivity contribution in [2.75, 3.05) is 24.5 Å².